The molecule has 2 heterocycles. The molecule has 2 atom stereocenters. The highest BCUT2D eigenvalue weighted by molar-refractivity contribution is 5.20. The molecule has 0 bridgehead atoms. The number of hydrogen-bond acceptors (Lipinski definition) is 4. The summed E-state index contributed by atoms with van der Waals surface area (Å²) in [5.74, 6) is -0.681. The van der Waals surface area contributed by atoms with E-state index in [2.05, 4.69) is 6.92 Å². The van der Waals surface area contributed by atoms with Crippen LogP contribution in [0, 0.1) is 0 Å². The summed E-state index contributed by atoms with van der Waals surface area (Å²) in [5, 5.41) is 0. The Balaban J connectivity index is 1.73. The smallest absolute Gasteiger partial charge is 0.194 e. The average Bonchev–Trinajstić information content (AvgIpc) is 3.35. The summed E-state index contributed by atoms with van der Waals surface area (Å²) in [5.41, 5.74) is 1.05. The molecule has 2 aliphatic heterocycles. The van der Waals surface area contributed by atoms with Gasteiger partial charge in [0.1, 0.15) is 12.2 Å². The maximum absolute atomic E-state index is 6.06. The third-order valence-corrected chi connectivity index (χ3v) is 3.49. The molecule has 0 amide bonds. The third-order valence-electron chi connectivity index (χ3n) is 3.49. The fraction of sp³-hybridized carbons (Fsp3) is 0.600. The molecule has 4 nitrogen and oxygen atoms in total. The van der Waals surface area contributed by atoms with E-state index >= 15 is 0 Å². The minimum Gasteiger partial charge on any atom is -0.371 e. The quantitative estimate of drug-likeness (QED) is 0.532. The van der Waals surface area contributed by atoms with Gasteiger partial charge < -0.3 is 18.9 Å². The van der Waals surface area contributed by atoms with Gasteiger partial charge in [-0.15, -0.1) is 0 Å². The van der Waals surface area contributed by atoms with E-state index in [1.807, 2.05) is 30.3 Å². The molecule has 2 aliphatic rings. The second-order valence-electron chi connectivity index (χ2n) is 5.01. The van der Waals surface area contributed by atoms with Crippen molar-refractivity contribution in [1.29, 1.82) is 0 Å². The maximum Gasteiger partial charge on any atom is 0.194 e. The lowest BCUT2D eigenvalue weighted by Crippen LogP contribution is -2.35. The molecule has 2 saturated heterocycles. The van der Waals surface area contributed by atoms with Crippen molar-refractivity contribution in [3.8, 4) is 0 Å². The van der Waals surface area contributed by atoms with Crippen LogP contribution in [-0.4, -0.2) is 38.6 Å². The van der Waals surface area contributed by atoms with Gasteiger partial charge in [-0.05, 0) is 0 Å². The van der Waals surface area contributed by atoms with E-state index in [-0.39, 0.29) is 12.2 Å². The first-order valence-electron chi connectivity index (χ1n) is 6.89. The topological polar surface area (TPSA) is 43.5 Å². The summed E-state index contributed by atoms with van der Waals surface area (Å²) >= 11 is 0. The van der Waals surface area contributed by atoms with Gasteiger partial charge in [-0.25, -0.2) is 0 Å². The van der Waals surface area contributed by atoms with Crippen LogP contribution < -0.4 is 0 Å². The van der Waals surface area contributed by atoms with E-state index in [0.717, 1.165) is 25.2 Å². The van der Waals surface area contributed by atoms with Crippen molar-refractivity contribution in [2.75, 3.05) is 26.4 Å². The molecular formula is C15H20O4. The Kier molecular flexibility index (Phi) is 3.84. The van der Waals surface area contributed by atoms with Crippen molar-refractivity contribution in [3.05, 3.63) is 35.9 Å². The summed E-state index contributed by atoms with van der Waals surface area (Å²) in [6.07, 6.45) is 1.22. The Labute approximate surface area is 113 Å². The number of hydrogen-bond donors (Lipinski definition) is 0. The van der Waals surface area contributed by atoms with Gasteiger partial charge in [0, 0.05) is 12.0 Å². The minimum absolute atomic E-state index is 0.232. The second kappa shape index (κ2) is 5.59. The number of ether oxygens (including phenoxy) is 4. The van der Waals surface area contributed by atoms with Crippen molar-refractivity contribution < 1.29 is 18.9 Å². The van der Waals surface area contributed by atoms with Gasteiger partial charge in [-0.1, -0.05) is 37.3 Å². The Morgan fingerprint density at radius 2 is 1.58 bits per heavy atom. The number of epoxide rings is 2. The fourth-order valence-corrected chi connectivity index (χ4v) is 2.09. The zero-order valence-electron chi connectivity index (χ0n) is 11.2. The Bertz CT molecular complexity index is 382. The third kappa shape index (κ3) is 3.34. The lowest BCUT2D eigenvalue weighted by molar-refractivity contribution is -0.252. The maximum atomic E-state index is 6.06. The highest BCUT2D eigenvalue weighted by Crippen LogP contribution is 2.33. The van der Waals surface area contributed by atoms with Crippen LogP contribution >= 0.6 is 0 Å². The van der Waals surface area contributed by atoms with Crippen molar-refractivity contribution in [1.82, 2.24) is 0 Å². The lowest BCUT2D eigenvalue weighted by Gasteiger charge is -2.33. The summed E-state index contributed by atoms with van der Waals surface area (Å²) in [7, 11) is 0. The fourth-order valence-electron chi connectivity index (χ4n) is 2.09. The predicted octanol–water partition coefficient (Wildman–Crippen LogP) is 2.08. The molecule has 0 radical (unpaired) electrons. The van der Waals surface area contributed by atoms with Gasteiger partial charge in [0.2, 0.25) is 0 Å². The van der Waals surface area contributed by atoms with E-state index < -0.39 is 5.79 Å². The number of benzene rings is 1. The molecule has 0 N–H and O–H groups in total. The van der Waals surface area contributed by atoms with Crippen LogP contribution in [0.3, 0.4) is 0 Å². The van der Waals surface area contributed by atoms with E-state index in [9.17, 15) is 0 Å². The van der Waals surface area contributed by atoms with Crippen LogP contribution in [0.5, 0.6) is 0 Å². The molecule has 0 spiro atoms. The molecule has 19 heavy (non-hydrogen) atoms. The van der Waals surface area contributed by atoms with Crippen molar-refractivity contribution in [2.45, 2.75) is 31.3 Å². The van der Waals surface area contributed by atoms with E-state index in [4.69, 9.17) is 18.9 Å². The van der Waals surface area contributed by atoms with Crippen LogP contribution in [0.15, 0.2) is 30.3 Å². The first-order chi connectivity index (χ1) is 9.32. The Hall–Kier alpha value is -0.940. The highest BCUT2D eigenvalue weighted by atomic mass is 16.7. The van der Waals surface area contributed by atoms with E-state index in [1.165, 1.54) is 0 Å². The van der Waals surface area contributed by atoms with Crippen LogP contribution in [-0.2, 0) is 24.7 Å². The van der Waals surface area contributed by atoms with Crippen LogP contribution in [0.1, 0.15) is 18.9 Å². The van der Waals surface area contributed by atoms with Crippen LogP contribution in [0.2, 0.25) is 0 Å². The molecule has 0 aliphatic carbocycles. The molecule has 104 valence electrons. The molecule has 0 saturated carbocycles. The Morgan fingerprint density at radius 3 is 2.00 bits per heavy atom. The minimum atomic E-state index is -0.681. The van der Waals surface area contributed by atoms with Gasteiger partial charge in [-0.3, -0.25) is 0 Å². The summed E-state index contributed by atoms with van der Waals surface area (Å²) in [4.78, 5) is 0. The highest BCUT2D eigenvalue weighted by Gasteiger charge is 2.37. The average molecular weight is 264 g/mol. The monoisotopic (exact) mass is 264 g/mol. The predicted molar refractivity (Wildman–Crippen MR) is 69.8 cm³/mol. The van der Waals surface area contributed by atoms with Crippen molar-refractivity contribution in [3.63, 3.8) is 0 Å². The molecule has 2 fully saturated rings. The second-order valence-corrected chi connectivity index (χ2v) is 5.01. The molecular weight excluding hydrogens is 244 g/mol. The van der Waals surface area contributed by atoms with E-state index in [1.54, 1.807) is 0 Å². The number of rotatable bonds is 8. The standard InChI is InChI=1S/C15H20O4/c1-2-15(18-10-13-8-16-13,19-11-14-9-17-14)12-6-4-3-5-7-12/h3-7,13-14H,2,8-11H2,1H3. The summed E-state index contributed by atoms with van der Waals surface area (Å²) in [6.45, 7) is 4.82. The zero-order valence-corrected chi connectivity index (χ0v) is 11.2. The summed E-state index contributed by atoms with van der Waals surface area (Å²) < 4.78 is 22.6. The largest absolute Gasteiger partial charge is 0.371 e. The normalized spacial score (nSPS) is 27.8. The molecule has 4 heteroatoms. The molecule has 2 unspecified atom stereocenters. The van der Waals surface area contributed by atoms with Crippen molar-refractivity contribution >= 4 is 0 Å². The summed E-state index contributed by atoms with van der Waals surface area (Å²) in [6, 6.07) is 10.1. The zero-order chi connectivity index (χ0) is 13.1. The van der Waals surface area contributed by atoms with Crippen molar-refractivity contribution in [2.24, 2.45) is 0 Å². The van der Waals surface area contributed by atoms with Crippen LogP contribution in [0.4, 0.5) is 0 Å². The molecule has 1 aromatic carbocycles. The van der Waals surface area contributed by atoms with Gasteiger partial charge in [0.05, 0.1) is 26.4 Å². The first-order valence-corrected chi connectivity index (χ1v) is 6.89. The van der Waals surface area contributed by atoms with Gasteiger partial charge in [0.25, 0.3) is 0 Å². The van der Waals surface area contributed by atoms with E-state index in [0.29, 0.717) is 13.2 Å². The van der Waals surface area contributed by atoms with Gasteiger partial charge in [-0.2, -0.15) is 0 Å². The first kappa shape index (κ1) is 13.1. The molecule has 3 rings (SSSR count). The lowest BCUT2D eigenvalue weighted by atomic mass is 10.0. The molecule has 1 aromatic rings. The SMILES string of the molecule is CCC(OCC1CO1)(OCC1CO1)c1ccccc1. The van der Waals surface area contributed by atoms with Gasteiger partial charge >= 0.3 is 0 Å². The molecule has 0 aromatic heterocycles. The Morgan fingerprint density at radius 1 is 1.05 bits per heavy atom. The van der Waals surface area contributed by atoms with Crippen LogP contribution in [0.25, 0.3) is 0 Å². The van der Waals surface area contributed by atoms with Gasteiger partial charge in [0.15, 0.2) is 5.79 Å².